The van der Waals surface area contributed by atoms with E-state index in [1.54, 1.807) is 0 Å². The lowest BCUT2D eigenvalue weighted by Crippen LogP contribution is -2.43. The third kappa shape index (κ3) is 5.96. The molecule has 4 nitrogen and oxygen atoms in total. The minimum absolute atomic E-state index is 0. The third-order valence-corrected chi connectivity index (χ3v) is 4.58. The van der Waals surface area contributed by atoms with Gasteiger partial charge in [0.05, 0.1) is 0 Å². The molecule has 6 heteroatoms. The Bertz CT molecular complexity index is 466. The van der Waals surface area contributed by atoms with Crippen molar-refractivity contribution >= 4 is 30.7 Å². The fraction of sp³-hybridized carbons (Fsp3) is 0.588. The van der Waals surface area contributed by atoms with E-state index in [1.165, 1.54) is 5.56 Å². The normalized spacial score (nSPS) is 22.0. The van der Waals surface area contributed by atoms with E-state index in [-0.39, 0.29) is 36.6 Å². The summed E-state index contributed by atoms with van der Waals surface area (Å²) in [6.45, 7) is 4.99. The molecule has 0 aromatic heterocycles. The zero-order chi connectivity index (χ0) is 14.5. The molecular weight excluding hydrogens is 333 g/mol. The van der Waals surface area contributed by atoms with Crippen molar-refractivity contribution in [1.29, 1.82) is 0 Å². The van der Waals surface area contributed by atoms with E-state index in [2.05, 4.69) is 45.9 Å². The summed E-state index contributed by atoms with van der Waals surface area (Å²) in [6.07, 6.45) is 3.03. The molecule has 2 N–H and O–H groups in total. The topological polar surface area (TPSA) is 44.4 Å². The average molecular weight is 360 g/mol. The first-order valence-corrected chi connectivity index (χ1v) is 8.08. The minimum atomic E-state index is 0. The van der Waals surface area contributed by atoms with Gasteiger partial charge in [-0.15, -0.1) is 24.8 Å². The van der Waals surface area contributed by atoms with Gasteiger partial charge in [0.2, 0.25) is 5.91 Å². The fourth-order valence-electron chi connectivity index (χ4n) is 3.34. The Labute approximate surface area is 151 Å². The highest BCUT2D eigenvalue weighted by Gasteiger charge is 2.27. The molecule has 130 valence electrons. The van der Waals surface area contributed by atoms with E-state index < -0.39 is 0 Å². The Morgan fingerprint density at radius 2 is 1.83 bits per heavy atom. The van der Waals surface area contributed by atoms with Gasteiger partial charge in [0.15, 0.2) is 0 Å². The number of halogens is 2. The number of amides is 1. The Kier molecular flexibility index (Phi) is 8.92. The molecule has 2 saturated heterocycles. The molecule has 2 heterocycles. The SMILES string of the molecule is Cl.Cl.O=C(NC1CCN(Cc2ccccc2)C1)C1CCNCC1. The van der Waals surface area contributed by atoms with E-state index in [1.807, 2.05) is 0 Å². The number of piperidine rings is 1. The summed E-state index contributed by atoms with van der Waals surface area (Å²) in [6, 6.07) is 10.9. The van der Waals surface area contributed by atoms with E-state index in [0.29, 0.717) is 6.04 Å². The van der Waals surface area contributed by atoms with Crippen LogP contribution in [0.15, 0.2) is 30.3 Å². The van der Waals surface area contributed by atoms with Gasteiger partial charge >= 0.3 is 0 Å². The van der Waals surface area contributed by atoms with Crippen LogP contribution >= 0.6 is 24.8 Å². The molecule has 0 spiro atoms. The molecular formula is C17H27Cl2N3O. The van der Waals surface area contributed by atoms with Crippen molar-refractivity contribution in [1.82, 2.24) is 15.5 Å². The molecule has 0 bridgehead atoms. The number of hydrogen-bond acceptors (Lipinski definition) is 3. The number of nitrogens with one attached hydrogen (secondary N) is 2. The van der Waals surface area contributed by atoms with Crippen LogP contribution in [0.4, 0.5) is 0 Å². The van der Waals surface area contributed by atoms with Crippen molar-refractivity contribution in [3.05, 3.63) is 35.9 Å². The molecule has 2 fully saturated rings. The second kappa shape index (κ2) is 10.1. The van der Waals surface area contributed by atoms with Gasteiger partial charge in [0.25, 0.3) is 0 Å². The Morgan fingerprint density at radius 3 is 2.52 bits per heavy atom. The molecule has 0 aliphatic carbocycles. The molecule has 0 saturated carbocycles. The first-order valence-electron chi connectivity index (χ1n) is 8.08. The van der Waals surface area contributed by atoms with Gasteiger partial charge in [-0.3, -0.25) is 9.69 Å². The molecule has 2 aliphatic rings. The first kappa shape index (κ1) is 20.2. The van der Waals surface area contributed by atoms with Crippen LogP contribution in [0, 0.1) is 5.92 Å². The van der Waals surface area contributed by atoms with Gasteiger partial charge in [0, 0.05) is 31.6 Å². The predicted molar refractivity (Wildman–Crippen MR) is 98.4 cm³/mol. The minimum Gasteiger partial charge on any atom is -0.352 e. The quantitative estimate of drug-likeness (QED) is 0.866. The summed E-state index contributed by atoms with van der Waals surface area (Å²) in [5.74, 6) is 0.484. The Balaban J connectivity index is 0.00000132. The van der Waals surface area contributed by atoms with Crippen molar-refractivity contribution in [2.24, 2.45) is 5.92 Å². The molecule has 1 amide bonds. The lowest BCUT2D eigenvalue weighted by atomic mass is 9.97. The maximum Gasteiger partial charge on any atom is 0.223 e. The van der Waals surface area contributed by atoms with Gasteiger partial charge in [-0.25, -0.2) is 0 Å². The summed E-state index contributed by atoms with van der Waals surface area (Å²) in [5.41, 5.74) is 1.35. The van der Waals surface area contributed by atoms with Crippen LogP contribution in [0.25, 0.3) is 0 Å². The summed E-state index contributed by atoms with van der Waals surface area (Å²) in [5, 5.41) is 6.57. The van der Waals surface area contributed by atoms with Crippen molar-refractivity contribution in [3.8, 4) is 0 Å². The summed E-state index contributed by atoms with van der Waals surface area (Å²) in [4.78, 5) is 14.7. The maximum absolute atomic E-state index is 12.3. The first-order chi connectivity index (χ1) is 10.3. The highest BCUT2D eigenvalue weighted by molar-refractivity contribution is 5.85. The molecule has 1 aromatic carbocycles. The number of likely N-dealkylation sites (tertiary alicyclic amines) is 1. The smallest absolute Gasteiger partial charge is 0.223 e. The predicted octanol–water partition coefficient (Wildman–Crippen LogP) is 2.22. The molecule has 23 heavy (non-hydrogen) atoms. The number of benzene rings is 1. The Morgan fingerprint density at radius 1 is 1.13 bits per heavy atom. The van der Waals surface area contributed by atoms with Crippen LogP contribution in [-0.4, -0.2) is 43.0 Å². The van der Waals surface area contributed by atoms with Gasteiger partial charge in [-0.2, -0.15) is 0 Å². The van der Waals surface area contributed by atoms with Crippen molar-refractivity contribution in [3.63, 3.8) is 0 Å². The van der Waals surface area contributed by atoms with Crippen molar-refractivity contribution in [2.75, 3.05) is 26.2 Å². The van der Waals surface area contributed by atoms with Crippen LogP contribution in [0.3, 0.4) is 0 Å². The van der Waals surface area contributed by atoms with E-state index in [9.17, 15) is 4.79 Å². The number of carbonyl (C=O) groups excluding carboxylic acids is 1. The van der Waals surface area contributed by atoms with Gasteiger partial charge < -0.3 is 10.6 Å². The van der Waals surface area contributed by atoms with E-state index in [0.717, 1.165) is 52.0 Å². The van der Waals surface area contributed by atoms with Gasteiger partial charge in [-0.05, 0) is 37.9 Å². The molecule has 1 unspecified atom stereocenters. The molecule has 2 aliphatic heterocycles. The highest BCUT2D eigenvalue weighted by Crippen LogP contribution is 2.16. The monoisotopic (exact) mass is 359 g/mol. The largest absolute Gasteiger partial charge is 0.352 e. The standard InChI is InChI=1S/C17H25N3O.2ClH/c21-17(15-6-9-18-10-7-15)19-16-8-11-20(13-16)12-14-4-2-1-3-5-14;;/h1-5,15-16,18H,6-13H2,(H,19,21);2*1H. The van der Waals surface area contributed by atoms with Gasteiger partial charge in [0.1, 0.15) is 0 Å². The molecule has 0 radical (unpaired) electrons. The van der Waals surface area contributed by atoms with Crippen molar-refractivity contribution < 1.29 is 4.79 Å². The number of nitrogens with zero attached hydrogens (tertiary/aromatic N) is 1. The fourth-order valence-corrected chi connectivity index (χ4v) is 3.34. The van der Waals surface area contributed by atoms with Crippen LogP contribution in [0.2, 0.25) is 0 Å². The average Bonchev–Trinajstić information content (AvgIpc) is 2.96. The number of carbonyl (C=O) groups is 1. The summed E-state index contributed by atoms with van der Waals surface area (Å²) < 4.78 is 0. The lowest BCUT2D eigenvalue weighted by Gasteiger charge is -2.24. The summed E-state index contributed by atoms with van der Waals surface area (Å²) in [7, 11) is 0. The Hall–Kier alpha value is -0.810. The van der Waals surface area contributed by atoms with Crippen LogP contribution in [0.1, 0.15) is 24.8 Å². The molecule has 1 atom stereocenters. The zero-order valence-electron chi connectivity index (χ0n) is 13.4. The second-order valence-electron chi connectivity index (χ2n) is 6.24. The number of hydrogen-bond donors (Lipinski definition) is 2. The molecule has 1 aromatic rings. The number of rotatable bonds is 4. The zero-order valence-corrected chi connectivity index (χ0v) is 15.0. The van der Waals surface area contributed by atoms with Gasteiger partial charge in [-0.1, -0.05) is 30.3 Å². The van der Waals surface area contributed by atoms with E-state index >= 15 is 0 Å². The second-order valence-corrected chi connectivity index (χ2v) is 6.24. The van der Waals surface area contributed by atoms with Crippen LogP contribution < -0.4 is 10.6 Å². The highest BCUT2D eigenvalue weighted by atomic mass is 35.5. The van der Waals surface area contributed by atoms with Crippen LogP contribution in [-0.2, 0) is 11.3 Å². The summed E-state index contributed by atoms with van der Waals surface area (Å²) >= 11 is 0. The maximum atomic E-state index is 12.3. The molecule has 3 rings (SSSR count). The van der Waals surface area contributed by atoms with Crippen molar-refractivity contribution in [2.45, 2.75) is 31.8 Å². The third-order valence-electron chi connectivity index (χ3n) is 4.58. The lowest BCUT2D eigenvalue weighted by molar-refractivity contribution is -0.126. The van der Waals surface area contributed by atoms with E-state index in [4.69, 9.17) is 0 Å². The van der Waals surface area contributed by atoms with Crippen LogP contribution in [0.5, 0.6) is 0 Å².